The van der Waals surface area contributed by atoms with E-state index in [1.807, 2.05) is 24.1 Å². The van der Waals surface area contributed by atoms with Gasteiger partial charge in [-0.1, -0.05) is 0 Å². The number of aromatic nitrogens is 4. The van der Waals surface area contributed by atoms with Crippen LogP contribution >= 0.6 is 0 Å². The van der Waals surface area contributed by atoms with Gasteiger partial charge in [0.05, 0.1) is 12.5 Å². The van der Waals surface area contributed by atoms with Gasteiger partial charge in [0, 0.05) is 74.6 Å². The Kier molecular flexibility index (Phi) is 5.04. The van der Waals surface area contributed by atoms with E-state index in [4.69, 9.17) is 0 Å². The zero-order valence-corrected chi connectivity index (χ0v) is 16.4. The second kappa shape index (κ2) is 7.46. The molecule has 7 heteroatoms. The highest BCUT2D eigenvalue weighted by Crippen LogP contribution is 2.39. The van der Waals surface area contributed by atoms with E-state index in [2.05, 4.69) is 31.8 Å². The zero-order valence-electron chi connectivity index (χ0n) is 16.4. The lowest BCUT2D eigenvalue weighted by Gasteiger charge is -2.48. The molecule has 2 aliphatic rings. The topological polar surface area (TPSA) is 70.1 Å². The first-order valence-corrected chi connectivity index (χ1v) is 10.00. The van der Waals surface area contributed by atoms with E-state index in [9.17, 15) is 4.79 Å². The number of nitrogens with one attached hydrogen (secondary N) is 1. The van der Waals surface area contributed by atoms with Crippen LogP contribution in [0.1, 0.15) is 42.6 Å². The quantitative estimate of drug-likeness (QED) is 0.873. The van der Waals surface area contributed by atoms with Crippen LogP contribution in [0.5, 0.6) is 0 Å². The van der Waals surface area contributed by atoms with Crippen molar-refractivity contribution in [3.05, 3.63) is 35.7 Å². The highest BCUT2D eigenvalue weighted by Gasteiger charge is 2.41. The number of carbonyl (C=O) groups excluding carboxylic acids is 1. The van der Waals surface area contributed by atoms with Crippen molar-refractivity contribution in [1.29, 1.82) is 0 Å². The van der Waals surface area contributed by atoms with Crippen LogP contribution in [0.3, 0.4) is 0 Å². The first kappa shape index (κ1) is 18.2. The Hall–Kier alpha value is -2.15. The second-order valence-electron chi connectivity index (χ2n) is 8.34. The summed E-state index contributed by atoms with van der Waals surface area (Å²) in [6.07, 6.45) is 10.5. The van der Waals surface area contributed by atoms with Gasteiger partial charge in [0.15, 0.2) is 0 Å². The summed E-state index contributed by atoms with van der Waals surface area (Å²) in [7, 11) is 2.00. The van der Waals surface area contributed by atoms with Crippen LogP contribution in [0.4, 0.5) is 0 Å². The molecule has 4 heterocycles. The van der Waals surface area contributed by atoms with Gasteiger partial charge >= 0.3 is 0 Å². The van der Waals surface area contributed by atoms with Crippen molar-refractivity contribution >= 4 is 5.91 Å². The van der Waals surface area contributed by atoms with E-state index in [0.29, 0.717) is 12.3 Å². The summed E-state index contributed by atoms with van der Waals surface area (Å²) in [5.41, 5.74) is 3.91. The summed E-state index contributed by atoms with van der Waals surface area (Å²) in [5.74, 6) is 0.306. The Morgan fingerprint density at radius 3 is 2.89 bits per heavy atom. The molecule has 0 aromatic carbocycles. The third-order valence-corrected chi connectivity index (χ3v) is 6.43. The van der Waals surface area contributed by atoms with Crippen LogP contribution in [0, 0.1) is 12.3 Å². The molecule has 1 amide bonds. The minimum atomic E-state index is 0.246. The van der Waals surface area contributed by atoms with Crippen LogP contribution in [0.25, 0.3) is 0 Å². The maximum atomic E-state index is 12.5. The zero-order chi connectivity index (χ0) is 18.9. The third kappa shape index (κ3) is 3.93. The fourth-order valence-corrected chi connectivity index (χ4v) is 4.70. The normalized spacial score (nSPS) is 24.1. The van der Waals surface area contributed by atoms with Gasteiger partial charge in [-0.05, 0) is 32.7 Å². The Bertz CT molecular complexity index is 783. The number of piperidine rings is 2. The minimum absolute atomic E-state index is 0.246. The number of imidazole rings is 1. The molecule has 1 spiro atoms. The van der Waals surface area contributed by atoms with Gasteiger partial charge in [-0.3, -0.25) is 14.4 Å². The first-order valence-electron chi connectivity index (χ1n) is 10.00. The lowest BCUT2D eigenvalue weighted by molar-refractivity contribution is -0.139. The average molecular weight is 371 g/mol. The molecule has 146 valence electrons. The van der Waals surface area contributed by atoms with Gasteiger partial charge in [-0.2, -0.15) is 5.10 Å². The largest absolute Gasteiger partial charge is 0.348 e. The maximum absolute atomic E-state index is 12.5. The molecule has 1 atom stereocenters. The first-order chi connectivity index (χ1) is 13.0. The van der Waals surface area contributed by atoms with Gasteiger partial charge in [0.2, 0.25) is 5.91 Å². The number of aromatic amines is 1. The molecule has 0 aliphatic carbocycles. The van der Waals surface area contributed by atoms with Gasteiger partial charge < -0.3 is 9.88 Å². The lowest BCUT2D eigenvalue weighted by Crippen LogP contribution is -2.54. The Labute approximate surface area is 160 Å². The van der Waals surface area contributed by atoms with Crippen molar-refractivity contribution in [2.45, 2.75) is 45.6 Å². The van der Waals surface area contributed by atoms with Gasteiger partial charge in [0.25, 0.3) is 0 Å². The van der Waals surface area contributed by atoms with Crippen LogP contribution in [0.2, 0.25) is 0 Å². The molecule has 0 unspecified atom stereocenters. The van der Waals surface area contributed by atoms with E-state index >= 15 is 0 Å². The molecule has 2 saturated heterocycles. The molecular formula is C20H30N6O. The fourth-order valence-electron chi connectivity index (χ4n) is 4.70. The van der Waals surface area contributed by atoms with E-state index in [-0.39, 0.29) is 5.41 Å². The minimum Gasteiger partial charge on any atom is -0.348 e. The monoisotopic (exact) mass is 370 g/mol. The van der Waals surface area contributed by atoms with Crippen LogP contribution in [0.15, 0.2) is 18.7 Å². The van der Waals surface area contributed by atoms with Crippen LogP contribution < -0.4 is 0 Å². The fraction of sp³-hybridized carbons (Fsp3) is 0.650. The van der Waals surface area contributed by atoms with Crippen LogP contribution in [-0.2, 0) is 24.8 Å². The molecule has 7 nitrogen and oxygen atoms in total. The van der Waals surface area contributed by atoms with Gasteiger partial charge in [-0.15, -0.1) is 0 Å². The van der Waals surface area contributed by atoms with Crippen molar-refractivity contribution in [1.82, 2.24) is 29.5 Å². The Balaban J connectivity index is 1.40. The highest BCUT2D eigenvalue weighted by molar-refractivity contribution is 5.77. The van der Waals surface area contributed by atoms with Gasteiger partial charge in [-0.25, -0.2) is 4.98 Å². The molecule has 0 bridgehead atoms. The van der Waals surface area contributed by atoms with Crippen molar-refractivity contribution in [3.8, 4) is 0 Å². The summed E-state index contributed by atoms with van der Waals surface area (Å²) < 4.78 is 1.95. The maximum Gasteiger partial charge on any atom is 0.222 e. The summed E-state index contributed by atoms with van der Waals surface area (Å²) in [6.45, 7) is 6.99. The standard InChI is InChI=1S/C20H30N6O/c1-16-17(10-23-24(16)2)12-25-8-3-6-20(13-25)7-4-19(27)26(14-20)9-5-18-11-21-15-22-18/h10-11,15H,3-9,12-14H2,1-2H3,(H,21,22)/t20-/m0/s1. The summed E-state index contributed by atoms with van der Waals surface area (Å²) >= 11 is 0. The molecular weight excluding hydrogens is 340 g/mol. The molecule has 2 aromatic rings. The van der Waals surface area contributed by atoms with E-state index < -0.39 is 0 Å². The van der Waals surface area contributed by atoms with Crippen molar-refractivity contribution in [2.24, 2.45) is 12.5 Å². The molecule has 2 aromatic heterocycles. The number of hydrogen-bond acceptors (Lipinski definition) is 4. The number of amides is 1. The predicted octanol–water partition coefficient (Wildman–Crippen LogP) is 1.90. The summed E-state index contributed by atoms with van der Waals surface area (Å²) in [5, 5.41) is 4.39. The SMILES string of the molecule is Cc1c(CN2CCC[C@]3(CCC(=O)N(CCc4cnc[nH]4)C3)C2)cnn1C. The lowest BCUT2D eigenvalue weighted by atomic mass is 9.73. The molecule has 4 rings (SSSR count). The molecule has 27 heavy (non-hydrogen) atoms. The van der Waals surface area contributed by atoms with Crippen LogP contribution in [-0.4, -0.2) is 61.6 Å². The summed E-state index contributed by atoms with van der Waals surface area (Å²) in [4.78, 5) is 24.3. The number of carbonyl (C=O) groups is 1. The van der Waals surface area contributed by atoms with Crippen molar-refractivity contribution < 1.29 is 4.79 Å². The summed E-state index contributed by atoms with van der Waals surface area (Å²) in [6, 6.07) is 0. The van der Waals surface area contributed by atoms with Crippen molar-refractivity contribution in [3.63, 3.8) is 0 Å². The second-order valence-corrected chi connectivity index (χ2v) is 8.34. The Morgan fingerprint density at radius 1 is 1.26 bits per heavy atom. The molecule has 2 fully saturated rings. The van der Waals surface area contributed by atoms with Gasteiger partial charge in [0.1, 0.15) is 0 Å². The molecule has 1 N–H and O–H groups in total. The predicted molar refractivity (Wildman–Crippen MR) is 103 cm³/mol. The van der Waals surface area contributed by atoms with E-state index in [1.165, 1.54) is 24.1 Å². The number of nitrogens with zero attached hydrogens (tertiary/aromatic N) is 5. The number of aryl methyl sites for hydroxylation is 1. The number of rotatable bonds is 5. The van der Waals surface area contributed by atoms with E-state index in [1.54, 1.807) is 6.33 Å². The number of H-pyrrole nitrogens is 1. The molecule has 2 aliphatic heterocycles. The molecule has 0 radical (unpaired) electrons. The average Bonchev–Trinajstić information content (AvgIpc) is 3.29. The van der Waals surface area contributed by atoms with E-state index in [0.717, 1.165) is 51.3 Å². The molecule has 0 saturated carbocycles. The highest BCUT2D eigenvalue weighted by atomic mass is 16.2. The smallest absolute Gasteiger partial charge is 0.222 e. The van der Waals surface area contributed by atoms with Crippen molar-refractivity contribution in [2.75, 3.05) is 26.2 Å². The Morgan fingerprint density at radius 2 is 2.15 bits per heavy atom. The third-order valence-electron chi connectivity index (χ3n) is 6.43. The number of hydrogen-bond donors (Lipinski definition) is 1. The number of likely N-dealkylation sites (tertiary alicyclic amines) is 2.